The highest BCUT2D eigenvalue weighted by Gasteiger charge is 2.17. The first-order valence-corrected chi connectivity index (χ1v) is 9.08. The molecule has 0 unspecified atom stereocenters. The van der Waals surface area contributed by atoms with Crippen LogP contribution >= 0.6 is 0 Å². The number of hydrogen-bond acceptors (Lipinski definition) is 6. The molecular weight excluding hydrogens is 342 g/mol. The van der Waals surface area contributed by atoms with Gasteiger partial charge in [-0.3, -0.25) is 4.79 Å². The number of sulfonamides is 1. The maximum absolute atomic E-state index is 12.2. The van der Waals surface area contributed by atoms with Crippen LogP contribution in [0.1, 0.15) is 24.2 Å². The summed E-state index contributed by atoms with van der Waals surface area (Å²) < 4.78 is 25.1. The van der Waals surface area contributed by atoms with Gasteiger partial charge in [-0.2, -0.15) is 0 Å². The fourth-order valence-corrected chi connectivity index (χ4v) is 2.85. The number of carbonyl (C=O) groups excluding carboxylic acids is 1. The summed E-state index contributed by atoms with van der Waals surface area (Å²) >= 11 is 0. The second-order valence-electron chi connectivity index (χ2n) is 5.87. The zero-order chi connectivity index (χ0) is 18.6. The van der Waals surface area contributed by atoms with Crippen molar-refractivity contribution in [2.75, 3.05) is 24.7 Å². The van der Waals surface area contributed by atoms with Crippen LogP contribution in [0.3, 0.4) is 0 Å². The molecule has 0 aliphatic rings. The van der Waals surface area contributed by atoms with Crippen LogP contribution in [0.5, 0.6) is 0 Å². The molecule has 2 rings (SSSR count). The summed E-state index contributed by atoms with van der Waals surface area (Å²) in [6.07, 6.45) is 0. The Morgan fingerprint density at radius 2 is 1.56 bits per heavy atom. The van der Waals surface area contributed by atoms with E-state index in [-0.39, 0.29) is 10.9 Å². The van der Waals surface area contributed by atoms with E-state index < -0.39 is 15.9 Å². The molecule has 0 spiro atoms. The minimum atomic E-state index is -3.52. The molecule has 134 valence electrons. The average molecular weight is 363 g/mol. The lowest BCUT2D eigenvalue weighted by atomic mass is 10.2. The summed E-state index contributed by atoms with van der Waals surface area (Å²) in [4.78, 5) is 12.3. The number of anilines is 2. The van der Waals surface area contributed by atoms with E-state index in [1.165, 1.54) is 38.4 Å². The SMILES string of the molecule is CC(C)Nc1ccc(NC(=O)c2ccc(S(=O)(=O)N(C)C)cc2)nn1. The summed E-state index contributed by atoms with van der Waals surface area (Å²) in [6, 6.07) is 9.28. The maximum atomic E-state index is 12.2. The first-order chi connectivity index (χ1) is 11.7. The molecule has 0 saturated carbocycles. The normalized spacial score (nSPS) is 11.6. The number of rotatable bonds is 6. The zero-order valence-electron chi connectivity index (χ0n) is 14.5. The standard InChI is InChI=1S/C16H21N5O3S/c1-11(2)17-14-9-10-15(20-19-14)18-16(22)12-5-7-13(8-6-12)25(23,24)21(3)4/h5-11H,1-4H3,(H,17,19)(H,18,20,22). The van der Waals surface area contributed by atoms with Crippen molar-refractivity contribution in [2.24, 2.45) is 0 Å². The maximum Gasteiger partial charge on any atom is 0.256 e. The first-order valence-electron chi connectivity index (χ1n) is 7.64. The lowest BCUT2D eigenvalue weighted by molar-refractivity contribution is 0.102. The fraction of sp³-hybridized carbons (Fsp3) is 0.312. The largest absolute Gasteiger partial charge is 0.366 e. The molecule has 1 aromatic heterocycles. The van der Waals surface area contributed by atoms with E-state index >= 15 is 0 Å². The number of benzene rings is 1. The van der Waals surface area contributed by atoms with Crippen molar-refractivity contribution in [3.63, 3.8) is 0 Å². The van der Waals surface area contributed by atoms with Crippen molar-refractivity contribution < 1.29 is 13.2 Å². The van der Waals surface area contributed by atoms with Gasteiger partial charge in [0, 0.05) is 25.7 Å². The molecule has 2 N–H and O–H groups in total. The van der Waals surface area contributed by atoms with Gasteiger partial charge in [-0.1, -0.05) is 0 Å². The predicted octanol–water partition coefficient (Wildman–Crippen LogP) is 1.80. The van der Waals surface area contributed by atoms with Crippen LogP contribution in [-0.2, 0) is 10.0 Å². The fourth-order valence-electron chi connectivity index (χ4n) is 1.95. The summed E-state index contributed by atoms with van der Waals surface area (Å²) in [5.74, 6) is 0.531. The molecule has 1 heterocycles. The molecule has 0 bridgehead atoms. The highest BCUT2D eigenvalue weighted by atomic mass is 32.2. The molecule has 25 heavy (non-hydrogen) atoms. The van der Waals surface area contributed by atoms with Crippen molar-refractivity contribution >= 4 is 27.6 Å². The lowest BCUT2D eigenvalue weighted by Gasteiger charge is -2.11. The minimum absolute atomic E-state index is 0.123. The number of amides is 1. The second kappa shape index (κ2) is 7.58. The molecule has 1 aromatic carbocycles. The number of nitrogens with one attached hydrogen (secondary N) is 2. The Hall–Kier alpha value is -2.52. The number of aromatic nitrogens is 2. The summed E-state index contributed by atoms with van der Waals surface area (Å²) in [5, 5.41) is 13.6. The molecule has 0 aliphatic heterocycles. The van der Waals surface area contributed by atoms with E-state index in [1.807, 2.05) is 13.8 Å². The topological polar surface area (TPSA) is 104 Å². The number of nitrogens with zero attached hydrogens (tertiary/aromatic N) is 3. The average Bonchev–Trinajstić information content (AvgIpc) is 2.56. The van der Waals surface area contributed by atoms with Gasteiger partial charge in [0.25, 0.3) is 5.91 Å². The molecule has 0 radical (unpaired) electrons. The third kappa shape index (κ3) is 4.74. The molecule has 1 amide bonds. The highest BCUT2D eigenvalue weighted by Crippen LogP contribution is 2.15. The van der Waals surface area contributed by atoms with Gasteiger partial charge in [0.05, 0.1) is 4.90 Å². The van der Waals surface area contributed by atoms with Gasteiger partial charge >= 0.3 is 0 Å². The quantitative estimate of drug-likeness (QED) is 0.811. The monoisotopic (exact) mass is 363 g/mol. The van der Waals surface area contributed by atoms with Crippen molar-refractivity contribution in [2.45, 2.75) is 24.8 Å². The van der Waals surface area contributed by atoms with Crippen LogP contribution < -0.4 is 10.6 Å². The van der Waals surface area contributed by atoms with E-state index in [0.29, 0.717) is 17.2 Å². The highest BCUT2D eigenvalue weighted by molar-refractivity contribution is 7.89. The van der Waals surface area contributed by atoms with Gasteiger partial charge in [-0.05, 0) is 50.2 Å². The van der Waals surface area contributed by atoms with E-state index in [1.54, 1.807) is 12.1 Å². The van der Waals surface area contributed by atoms with Crippen molar-refractivity contribution in [1.82, 2.24) is 14.5 Å². The third-order valence-electron chi connectivity index (χ3n) is 3.24. The second-order valence-corrected chi connectivity index (χ2v) is 8.02. The van der Waals surface area contributed by atoms with Gasteiger partial charge < -0.3 is 10.6 Å². The Labute approximate surface area is 147 Å². The molecule has 0 aliphatic carbocycles. The molecular formula is C16H21N5O3S. The Morgan fingerprint density at radius 3 is 2.04 bits per heavy atom. The van der Waals surface area contributed by atoms with E-state index in [0.717, 1.165) is 4.31 Å². The first kappa shape index (κ1) is 18.8. The predicted molar refractivity (Wildman–Crippen MR) is 96.1 cm³/mol. The van der Waals surface area contributed by atoms with Gasteiger partial charge in [0.1, 0.15) is 5.82 Å². The van der Waals surface area contributed by atoms with E-state index in [2.05, 4.69) is 20.8 Å². The summed E-state index contributed by atoms with van der Waals surface area (Å²) in [5.41, 5.74) is 0.323. The smallest absolute Gasteiger partial charge is 0.256 e. The molecule has 2 aromatic rings. The van der Waals surface area contributed by atoms with Crippen LogP contribution in [0.15, 0.2) is 41.3 Å². The Kier molecular flexibility index (Phi) is 5.70. The van der Waals surface area contributed by atoms with Crippen LogP contribution in [0.25, 0.3) is 0 Å². The van der Waals surface area contributed by atoms with E-state index in [9.17, 15) is 13.2 Å². The molecule has 0 fully saturated rings. The van der Waals surface area contributed by atoms with Crippen molar-refractivity contribution in [3.05, 3.63) is 42.0 Å². The van der Waals surface area contributed by atoms with Crippen LogP contribution in [-0.4, -0.2) is 49.0 Å². The van der Waals surface area contributed by atoms with Crippen LogP contribution in [0.2, 0.25) is 0 Å². The molecule has 0 atom stereocenters. The van der Waals surface area contributed by atoms with Gasteiger partial charge in [0.2, 0.25) is 10.0 Å². The van der Waals surface area contributed by atoms with Gasteiger partial charge in [-0.25, -0.2) is 12.7 Å². The number of hydrogen-bond donors (Lipinski definition) is 2. The van der Waals surface area contributed by atoms with Crippen LogP contribution in [0.4, 0.5) is 11.6 Å². The van der Waals surface area contributed by atoms with Gasteiger partial charge in [-0.15, -0.1) is 10.2 Å². The summed E-state index contributed by atoms with van der Waals surface area (Å²) in [6.45, 7) is 3.97. The third-order valence-corrected chi connectivity index (χ3v) is 5.07. The Morgan fingerprint density at radius 1 is 1.00 bits per heavy atom. The van der Waals surface area contributed by atoms with Crippen LogP contribution in [0, 0.1) is 0 Å². The molecule has 0 saturated heterocycles. The minimum Gasteiger partial charge on any atom is -0.366 e. The van der Waals surface area contributed by atoms with E-state index in [4.69, 9.17) is 0 Å². The summed E-state index contributed by atoms with van der Waals surface area (Å²) in [7, 11) is -0.619. The number of carbonyl (C=O) groups is 1. The zero-order valence-corrected chi connectivity index (χ0v) is 15.3. The Balaban J connectivity index is 2.08. The molecule has 8 nitrogen and oxygen atoms in total. The Bertz CT molecular complexity index is 831. The lowest BCUT2D eigenvalue weighted by Crippen LogP contribution is -2.22. The molecule has 9 heteroatoms. The van der Waals surface area contributed by atoms with Gasteiger partial charge in [0.15, 0.2) is 5.82 Å². The van der Waals surface area contributed by atoms with Crippen molar-refractivity contribution in [3.8, 4) is 0 Å². The van der Waals surface area contributed by atoms with Crippen molar-refractivity contribution in [1.29, 1.82) is 0 Å².